The predicted molar refractivity (Wildman–Crippen MR) is 139 cm³/mol. The van der Waals surface area contributed by atoms with E-state index in [0.29, 0.717) is 19.4 Å². The van der Waals surface area contributed by atoms with Gasteiger partial charge in [0.25, 0.3) is 0 Å². The van der Waals surface area contributed by atoms with Crippen molar-refractivity contribution in [3.05, 3.63) is 36.0 Å². The first-order chi connectivity index (χ1) is 18.0. The summed E-state index contributed by atoms with van der Waals surface area (Å²) in [6.07, 6.45) is 2.70. The molecule has 12 heteroatoms. The van der Waals surface area contributed by atoms with Crippen LogP contribution in [0.3, 0.4) is 0 Å². The van der Waals surface area contributed by atoms with E-state index in [2.05, 4.69) is 15.6 Å². The molecule has 1 aliphatic heterocycles. The molecule has 1 saturated heterocycles. The number of carbonyl (C=O) groups is 5. The van der Waals surface area contributed by atoms with E-state index in [1.54, 1.807) is 20.0 Å². The van der Waals surface area contributed by atoms with Crippen LogP contribution in [0.15, 0.2) is 30.5 Å². The molecule has 2 heterocycles. The lowest BCUT2D eigenvalue weighted by molar-refractivity contribution is -0.145. The van der Waals surface area contributed by atoms with Crippen LogP contribution in [0.4, 0.5) is 0 Å². The highest BCUT2D eigenvalue weighted by atomic mass is 16.4. The van der Waals surface area contributed by atoms with Gasteiger partial charge in [0.05, 0.1) is 6.04 Å². The second kappa shape index (κ2) is 12.5. The standard InChI is InChI=1S/C26H36N6O6/c1-14(2)22(31-23(34)17(27)9-10-21(28)33)25(36)32-11-5-8-20(32)24(35)30-19(26(37)38)12-15-13-29-18-7-4-3-6-16(15)18/h3-4,6-7,13-14,17,19-20,22,29H,5,8-12,27H2,1-2H3,(H2,28,33)(H,30,35)(H,31,34)(H,37,38). The number of aromatic amines is 1. The highest BCUT2D eigenvalue weighted by Gasteiger charge is 2.40. The first-order valence-electron chi connectivity index (χ1n) is 12.7. The Morgan fingerprint density at radius 3 is 2.53 bits per heavy atom. The molecule has 2 aromatic rings. The summed E-state index contributed by atoms with van der Waals surface area (Å²) in [5.41, 5.74) is 12.6. The lowest BCUT2D eigenvalue weighted by Gasteiger charge is -2.31. The Morgan fingerprint density at radius 2 is 1.87 bits per heavy atom. The molecule has 1 aliphatic rings. The average molecular weight is 529 g/mol. The third-order valence-corrected chi connectivity index (χ3v) is 6.82. The number of amides is 4. The SMILES string of the molecule is CC(C)C(NC(=O)C(N)CCC(N)=O)C(=O)N1CCCC1C(=O)NC(Cc1c[nH]c2ccccc12)C(=O)O. The minimum absolute atomic E-state index is 0.0436. The molecule has 0 radical (unpaired) electrons. The van der Waals surface area contributed by atoms with Gasteiger partial charge in [-0.1, -0.05) is 32.0 Å². The summed E-state index contributed by atoms with van der Waals surface area (Å²) < 4.78 is 0. The molecule has 0 spiro atoms. The van der Waals surface area contributed by atoms with Crippen LogP contribution in [0.2, 0.25) is 0 Å². The maximum Gasteiger partial charge on any atom is 0.326 e. The predicted octanol–water partition coefficient (Wildman–Crippen LogP) is 0.00440. The van der Waals surface area contributed by atoms with Crippen molar-refractivity contribution >= 4 is 40.5 Å². The normalized spacial score (nSPS) is 17.7. The van der Waals surface area contributed by atoms with E-state index in [-0.39, 0.29) is 25.2 Å². The van der Waals surface area contributed by atoms with Crippen LogP contribution in [0.25, 0.3) is 10.9 Å². The van der Waals surface area contributed by atoms with Crippen molar-refractivity contribution in [3.8, 4) is 0 Å². The van der Waals surface area contributed by atoms with Crippen LogP contribution in [0.1, 0.15) is 45.1 Å². The van der Waals surface area contributed by atoms with E-state index in [1.165, 1.54) is 4.90 Å². The van der Waals surface area contributed by atoms with Crippen molar-refractivity contribution in [2.24, 2.45) is 17.4 Å². The minimum Gasteiger partial charge on any atom is -0.480 e. The van der Waals surface area contributed by atoms with Crippen LogP contribution in [-0.2, 0) is 30.4 Å². The molecule has 0 bridgehead atoms. The number of nitrogens with two attached hydrogens (primary N) is 2. The van der Waals surface area contributed by atoms with Crippen molar-refractivity contribution < 1.29 is 29.1 Å². The molecular weight excluding hydrogens is 492 g/mol. The number of likely N-dealkylation sites (tertiary alicyclic amines) is 1. The van der Waals surface area contributed by atoms with Gasteiger partial charge in [-0.25, -0.2) is 4.79 Å². The molecule has 1 aromatic heterocycles. The molecule has 3 rings (SSSR count). The van der Waals surface area contributed by atoms with Gasteiger partial charge in [0.15, 0.2) is 0 Å². The average Bonchev–Trinajstić information content (AvgIpc) is 3.52. The molecule has 4 unspecified atom stereocenters. The number of nitrogens with one attached hydrogen (secondary N) is 3. The molecule has 206 valence electrons. The number of aliphatic carboxylic acids is 1. The second-order valence-corrected chi connectivity index (χ2v) is 9.99. The van der Waals surface area contributed by atoms with Gasteiger partial charge in [0.1, 0.15) is 18.1 Å². The second-order valence-electron chi connectivity index (χ2n) is 9.99. The zero-order valence-electron chi connectivity index (χ0n) is 21.6. The van der Waals surface area contributed by atoms with Gasteiger partial charge in [-0.15, -0.1) is 0 Å². The molecule has 0 saturated carbocycles. The Hall–Kier alpha value is -3.93. The van der Waals surface area contributed by atoms with E-state index in [1.807, 2.05) is 24.3 Å². The van der Waals surface area contributed by atoms with Crippen molar-refractivity contribution in [2.75, 3.05) is 6.54 Å². The third kappa shape index (κ3) is 6.88. The Labute approximate surface area is 220 Å². The third-order valence-electron chi connectivity index (χ3n) is 6.82. The summed E-state index contributed by atoms with van der Waals surface area (Å²) in [5.74, 6) is -3.68. The molecular formula is C26H36N6O6. The van der Waals surface area contributed by atoms with Crippen molar-refractivity contribution in [2.45, 2.75) is 70.1 Å². The van der Waals surface area contributed by atoms with Gasteiger partial charge in [0, 0.05) is 36.5 Å². The molecule has 0 aliphatic carbocycles. The smallest absolute Gasteiger partial charge is 0.326 e. The van der Waals surface area contributed by atoms with Crippen molar-refractivity contribution in [1.29, 1.82) is 0 Å². The van der Waals surface area contributed by atoms with Gasteiger partial charge in [0.2, 0.25) is 23.6 Å². The number of carbonyl (C=O) groups excluding carboxylic acids is 4. The lowest BCUT2D eigenvalue weighted by Crippen LogP contribution is -2.58. The van der Waals surface area contributed by atoms with E-state index in [4.69, 9.17) is 11.5 Å². The summed E-state index contributed by atoms with van der Waals surface area (Å²) in [7, 11) is 0. The number of H-pyrrole nitrogens is 1. The number of aromatic nitrogens is 1. The molecule has 38 heavy (non-hydrogen) atoms. The molecule has 1 fully saturated rings. The Balaban J connectivity index is 1.69. The molecule has 12 nitrogen and oxygen atoms in total. The Bertz CT molecular complexity index is 1190. The number of carboxylic acid groups (broad SMARTS) is 1. The van der Waals surface area contributed by atoms with E-state index in [0.717, 1.165) is 16.5 Å². The summed E-state index contributed by atoms with van der Waals surface area (Å²) in [6, 6.07) is 3.45. The fraction of sp³-hybridized carbons (Fsp3) is 0.500. The van der Waals surface area contributed by atoms with Crippen LogP contribution >= 0.6 is 0 Å². The summed E-state index contributed by atoms with van der Waals surface area (Å²) in [6.45, 7) is 3.80. The molecule has 8 N–H and O–H groups in total. The number of carboxylic acids is 1. The van der Waals surface area contributed by atoms with Crippen LogP contribution < -0.4 is 22.1 Å². The van der Waals surface area contributed by atoms with E-state index >= 15 is 0 Å². The van der Waals surface area contributed by atoms with Crippen molar-refractivity contribution in [1.82, 2.24) is 20.5 Å². The first-order valence-corrected chi connectivity index (χ1v) is 12.7. The Morgan fingerprint density at radius 1 is 1.16 bits per heavy atom. The van der Waals surface area contributed by atoms with E-state index < -0.39 is 53.8 Å². The number of hydrogen-bond acceptors (Lipinski definition) is 6. The number of fused-ring (bicyclic) bond motifs is 1. The number of nitrogens with zero attached hydrogens (tertiary/aromatic N) is 1. The maximum atomic E-state index is 13.4. The minimum atomic E-state index is -1.19. The maximum absolute atomic E-state index is 13.4. The number of benzene rings is 1. The highest BCUT2D eigenvalue weighted by molar-refractivity contribution is 5.95. The largest absolute Gasteiger partial charge is 0.480 e. The number of rotatable bonds is 12. The van der Waals surface area contributed by atoms with Gasteiger partial charge in [-0.3, -0.25) is 19.2 Å². The van der Waals surface area contributed by atoms with Gasteiger partial charge in [-0.2, -0.15) is 0 Å². The van der Waals surface area contributed by atoms with Gasteiger partial charge < -0.3 is 37.1 Å². The summed E-state index contributed by atoms with van der Waals surface area (Å²) >= 11 is 0. The molecule has 1 aromatic carbocycles. The van der Waals surface area contributed by atoms with Crippen LogP contribution in [0.5, 0.6) is 0 Å². The number of primary amides is 1. The quantitative estimate of drug-likeness (QED) is 0.222. The zero-order valence-corrected chi connectivity index (χ0v) is 21.6. The van der Waals surface area contributed by atoms with Gasteiger partial charge in [-0.05, 0) is 36.8 Å². The molecule has 4 amide bonds. The first kappa shape index (κ1) is 28.6. The van der Waals surface area contributed by atoms with Gasteiger partial charge >= 0.3 is 5.97 Å². The summed E-state index contributed by atoms with van der Waals surface area (Å²) in [5, 5.41) is 15.9. The fourth-order valence-electron chi connectivity index (χ4n) is 4.67. The van der Waals surface area contributed by atoms with Crippen molar-refractivity contribution in [3.63, 3.8) is 0 Å². The fourth-order valence-corrected chi connectivity index (χ4v) is 4.67. The lowest BCUT2D eigenvalue weighted by atomic mass is 10.0. The Kier molecular flexibility index (Phi) is 9.45. The number of hydrogen-bond donors (Lipinski definition) is 6. The summed E-state index contributed by atoms with van der Waals surface area (Å²) in [4.78, 5) is 66.7. The zero-order chi connectivity index (χ0) is 28.0. The van der Waals surface area contributed by atoms with Crippen LogP contribution in [-0.4, -0.2) is 75.3 Å². The monoisotopic (exact) mass is 528 g/mol. The topological polar surface area (TPSA) is 201 Å². The van der Waals surface area contributed by atoms with E-state index in [9.17, 15) is 29.1 Å². The van der Waals surface area contributed by atoms with Crippen LogP contribution in [0, 0.1) is 5.92 Å². The highest BCUT2D eigenvalue weighted by Crippen LogP contribution is 2.22. The number of para-hydroxylation sites is 1. The molecule has 4 atom stereocenters.